The van der Waals surface area contributed by atoms with Gasteiger partial charge < -0.3 is 4.74 Å². The molecule has 0 unspecified atom stereocenters. The average molecular weight is 315 g/mol. The lowest BCUT2D eigenvalue weighted by Crippen LogP contribution is -2.25. The molecule has 0 fully saturated rings. The van der Waals surface area contributed by atoms with E-state index in [0.29, 0.717) is 0 Å². The summed E-state index contributed by atoms with van der Waals surface area (Å²) in [4.78, 5) is 4.34. The zero-order chi connectivity index (χ0) is 15.7. The molecule has 0 N–H and O–H groups in total. The van der Waals surface area contributed by atoms with Gasteiger partial charge in [0.25, 0.3) is 0 Å². The number of hydrogen-bond donors (Lipinski definition) is 0. The van der Waals surface area contributed by atoms with Gasteiger partial charge in [0.2, 0.25) is 9.84 Å². The molecule has 0 radical (unpaired) electrons. The van der Waals surface area contributed by atoms with Gasteiger partial charge in [0.05, 0.1) is 4.90 Å². The second-order valence-electron chi connectivity index (χ2n) is 5.42. The van der Waals surface area contributed by atoms with Crippen molar-refractivity contribution in [2.24, 2.45) is 4.99 Å². The largest absolute Gasteiger partial charge is 0.472 e. The van der Waals surface area contributed by atoms with Gasteiger partial charge in [-0.3, -0.25) is 0 Å². The minimum absolute atomic E-state index is 0.268. The Balaban J connectivity index is 2.01. The van der Waals surface area contributed by atoms with Crippen molar-refractivity contribution >= 4 is 16.2 Å². The fourth-order valence-electron chi connectivity index (χ4n) is 2.55. The summed E-state index contributed by atoms with van der Waals surface area (Å²) in [7, 11) is -3.59. The van der Waals surface area contributed by atoms with Crippen LogP contribution in [-0.4, -0.2) is 20.2 Å². The highest BCUT2D eigenvalue weighted by atomic mass is 32.2. The molecule has 2 atom stereocenters. The smallest absolute Gasteiger partial charge is 0.205 e. The number of benzene rings is 2. The average Bonchev–Trinajstić information content (AvgIpc) is 2.98. The summed E-state index contributed by atoms with van der Waals surface area (Å²) in [5.74, 6) is 0. The van der Waals surface area contributed by atoms with Crippen molar-refractivity contribution in [2.75, 3.05) is 0 Å². The lowest BCUT2D eigenvalue weighted by molar-refractivity contribution is 0.226. The SMILES string of the molecule is Cc1ccc(S(=O)(=O)[C@@H]2N=CO[C@H]2c2ccccc2C)cc1. The zero-order valence-electron chi connectivity index (χ0n) is 12.4. The Bertz CT molecular complexity index is 810. The molecule has 2 aromatic rings. The molecule has 1 heterocycles. The van der Waals surface area contributed by atoms with Gasteiger partial charge in [-0.2, -0.15) is 0 Å². The molecule has 5 heteroatoms. The van der Waals surface area contributed by atoms with E-state index < -0.39 is 21.3 Å². The summed E-state index contributed by atoms with van der Waals surface area (Å²) in [6.07, 6.45) is 0.639. The molecular formula is C17H17NO3S. The number of sulfone groups is 1. The Hall–Kier alpha value is -2.14. The van der Waals surface area contributed by atoms with E-state index in [4.69, 9.17) is 4.74 Å². The first-order valence-corrected chi connectivity index (χ1v) is 8.58. The summed E-state index contributed by atoms with van der Waals surface area (Å²) in [5, 5.41) is -0.948. The summed E-state index contributed by atoms with van der Waals surface area (Å²) < 4.78 is 31.2. The molecule has 0 saturated carbocycles. The van der Waals surface area contributed by atoms with E-state index >= 15 is 0 Å². The summed E-state index contributed by atoms with van der Waals surface area (Å²) in [6.45, 7) is 3.86. The molecule has 4 nitrogen and oxygen atoms in total. The van der Waals surface area contributed by atoms with Crippen LogP contribution in [0.3, 0.4) is 0 Å². The Labute approximate surface area is 130 Å². The van der Waals surface area contributed by atoms with E-state index in [1.54, 1.807) is 24.3 Å². The van der Waals surface area contributed by atoms with Crippen LogP contribution in [0, 0.1) is 13.8 Å². The Kier molecular flexibility index (Phi) is 3.74. The first kappa shape index (κ1) is 14.8. The summed E-state index contributed by atoms with van der Waals surface area (Å²) >= 11 is 0. The number of aryl methyl sites for hydroxylation is 2. The van der Waals surface area contributed by atoms with Gasteiger partial charge in [0.15, 0.2) is 17.9 Å². The second-order valence-corrected chi connectivity index (χ2v) is 7.46. The van der Waals surface area contributed by atoms with Crippen molar-refractivity contribution in [3.8, 4) is 0 Å². The van der Waals surface area contributed by atoms with Crippen LogP contribution in [0.15, 0.2) is 58.4 Å². The number of hydrogen-bond acceptors (Lipinski definition) is 4. The highest BCUT2D eigenvalue weighted by molar-refractivity contribution is 7.92. The van der Waals surface area contributed by atoms with Crippen molar-refractivity contribution in [3.05, 3.63) is 65.2 Å². The molecule has 0 saturated heterocycles. The molecule has 1 aliphatic rings. The van der Waals surface area contributed by atoms with Gasteiger partial charge >= 0.3 is 0 Å². The summed E-state index contributed by atoms with van der Waals surface area (Å²) in [6, 6.07) is 14.4. The molecule has 0 aromatic heterocycles. The normalized spacial score (nSPS) is 20.8. The van der Waals surface area contributed by atoms with E-state index in [1.165, 1.54) is 6.40 Å². The Morgan fingerprint density at radius 2 is 1.68 bits per heavy atom. The van der Waals surface area contributed by atoms with Gasteiger partial charge in [0.1, 0.15) is 0 Å². The van der Waals surface area contributed by atoms with Gasteiger partial charge in [-0.15, -0.1) is 0 Å². The lowest BCUT2D eigenvalue weighted by Gasteiger charge is -2.19. The molecule has 0 spiro atoms. The van der Waals surface area contributed by atoms with Gasteiger partial charge in [-0.05, 0) is 37.1 Å². The van der Waals surface area contributed by atoms with Crippen LogP contribution < -0.4 is 0 Å². The second kappa shape index (κ2) is 5.57. The van der Waals surface area contributed by atoms with E-state index in [1.807, 2.05) is 38.1 Å². The third kappa shape index (κ3) is 2.52. The molecule has 0 aliphatic carbocycles. The van der Waals surface area contributed by atoms with Gasteiger partial charge in [-0.25, -0.2) is 13.4 Å². The van der Waals surface area contributed by atoms with E-state index in [9.17, 15) is 8.42 Å². The van der Waals surface area contributed by atoms with Crippen LogP contribution in [0.2, 0.25) is 0 Å². The number of rotatable bonds is 3. The minimum Gasteiger partial charge on any atom is -0.472 e. The van der Waals surface area contributed by atoms with E-state index in [2.05, 4.69) is 4.99 Å². The van der Waals surface area contributed by atoms with Crippen LogP contribution >= 0.6 is 0 Å². The van der Waals surface area contributed by atoms with E-state index in [0.717, 1.165) is 16.7 Å². The maximum Gasteiger partial charge on any atom is 0.205 e. The quantitative estimate of drug-likeness (QED) is 0.874. The predicted octanol–water partition coefficient (Wildman–Crippen LogP) is 3.20. The molecular weight excluding hydrogens is 298 g/mol. The number of aliphatic imine (C=N–C) groups is 1. The monoisotopic (exact) mass is 315 g/mol. The zero-order valence-corrected chi connectivity index (χ0v) is 13.2. The molecule has 1 aliphatic heterocycles. The molecule has 114 valence electrons. The van der Waals surface area contributed by atoms with Crippen LogP contribution in [-0.2, 0) is 14.6 Å². The Morgan fingerprint density at radius 3 is 2.36 bits per heavy atom. The van der Waals surface area contributed by atoms with Crippen molar-refractivity contribution in [2.45, 2.75) is 30.2 Å². The number of ether oxygens (including phenoxy) is 1. The van der Waals surface area contributed by atoms with Crippen LogP contribution in [0.1, 0.15) is 22.8 Å². The highest BCUT2D eigenvalue weighted by Gasteiger charge is 2.40. The van der Waals surface area contributed by atoms with Gasteiger partial charge in [0, 0.05) is 0 Å². The van der Waals surface area contributed by atoms with Crippen molar-refractivity contribution in [1.82, 2.24) is 0 Å². The third-order valence-corrected chi connectivity index (χ3v) is 5.77. The maximum atomic E-state index is 12.8. The molecule has 0 bridgehead atoms. The third-order valence-electron chi connectivity index (χ3n) is 3.84. The maximum absolute atomic E-state index is 12.8. The summed E-state index contributed by atoms with van der Waals surface area (Å²) in [5.41, 5.74) is 2.85. The van der Waals surface area contributed by atoms with Crippen molar-refractivity contribution < 1.29 is 13.2 Å². The predicted molar refractivity (Wildman–Crippen MR) is 85.6 cm³/mol. The molecule has 22 heavy (non-hydrogen) atoms. The fraction of sp³-hybridized carbons (Fsp3) is 0.235. The van der Waals surface area contributed by atoms with Crippen LogP contribution in [0.4, 0.5) is 0 Å². The first-order valence-electron chi connectivity index (χ1n) is 7.03. The fourth-order valence-corrected chi connectivity index (χ4v) is 4.09. The number of nitrogens with zero attached hydrogens (tertiary/aromatic N) is 1. The Morgan fingerprint density at radius 1 is 1.00 bits per heavy atom. The van der Waals surface area contributed by atoms with Crippen molar-refractivity contribution in [3.63, 3.8) is 0 Å². The van der Waals surface area contributed by atoms with Gasteiger partial charge in [-0.1, -0.05) is 42.0 Å². The molecule has 3 rings (SSSR count). The van der Waals surface area contributed by atoms with Crippen molar-refractivity contribution in [1.29, 1.82) is 0 Å². The van der Waals surface area contributed by atoms with Crippen LogP contribution in [0.25, 0.3) is 0 Å². The van der Waals surface area contributed by atoms with Crippen LogP contribution in [0.5, 0.6) is 0 Å². The molecule has 2 aromatic carbocycles. The van der Waals surface area contributed by atoms with E-state index in [-0.39, 0.29) is 4.90 Å². The highest BCUT2D eigenvalue weighted by Crippen LogP contribution is 2.35. The minimum atomic E-state index is -3.59. The lowest BCUT2D eigenvalue weighted by atomic mass is 10.0. The first-order chi connectivity index (χ1) is 10.5. The standard InChI is InChI=1S/C17H17NO3S/c1-12-7-9-14(10-8-12)22(19,20)17-16(21-11-18-17)15-6-4-3-5-13(15)2/h3-11,16-17H,1-2H3/t16-,17-/m0/s1. The topological polar surface area (TPSA) is 55.7 Å². The molecule has 0 amide bonds.